The Balaban J connectivity index is 0.000000148. The van der Waals surface area contributed by atoms with E-state index in [1.54, 1.807) is 0 Å². The van der Waals surface area contributed by atoms with Crippen LogP contribution in [-0.4, -0.2) is 29.9 Å². The summed E-state index contributed by atoms with van der Waals surface area (Å²) in [6.45, 7) is 0. The molecule has 13 aromatic carbocycles. The van der Waals surface area contributed by atoms with E-state index in [-0.39, 0.29) is 0 Å². The molecule has 8 heteroatoms. The van der Waals surface area contributed by atoms with Gasteiger partial charge in [-0.25, -0.2) is 29.9 Å². The molecule has 0 unspecified atom stereocenters. The van der Waals surface area contributed by atoms with Crippen LogP contribution in [-0.2, 0) is 0 Å². The number of aromatic nitrogens is 6. The van der Waals surface area contributed by atoms with Crippen molar-refractivity contribution < 1.29 is 4.42 Å². The topological polar surface area (TPSA) is 90.5 Å². The lowest BCUT2D eigenvalue weighted by atomic mass is 9.98. The van der Waals surface area contributed by atoms with Crippen molar-refractivity contribution in [3.8, 4) is 124 Å². The minimum absolute atomic E-state index is 0.618. The van der Waals surface area contributed by atoms with Gasteiger partial charge in [0.25, 0.3) is 0 Å². The van der Waals surface area contributed by atoms with Gasteiger partial charge in [0.05, 0.1) is 0 Å². The number of nitrogens with zero attached hydrogens (tertiary/aromatic N) is 6. The van der Waals surface area contributed by atoms with E-state index in [0.29, 0.717) is 34.9 Å². The second-order valence-electron chi connectivity index (χ2n) is 22.5. The maximum Gasteiger partial charge on any atom is 0.165 e. The minimum Gasteiger partial charge on any atom is -0.455 e. The highest BCUT2D eigenvalue weighted by Gasteiger charge is 2.21. The summed E-state index contributed by atoms with van der Waals surface area (Å²) in [6.07, 6.45) is 0. The second-order valence-corrected chi connectivity index (χ2v) is 23.5. The molecular weight excluding hydrogens is 1140 g/mol. The quantitative estimate of drug-likeness (QED) is 0.127. The fourth-order valence-electron chi connectivity index (χ4n) is 12.1. The van der Waals surface area contributed by atoms with Gasteiger partial charge < -0.3 is 4.42 Å². The van der Waals surface area contributed by atoms with Crippen LogP contribution in [0.15, 0.2) is 332 Å². The molecule has 0 atom stereocenters. The second kappa shape index (κ2) is 24.5. The first kappa shape index (κ1) is 55.2. The average molecular weight is 1200 g/mol. The van der Waals surface area contributed by atoms with E-state index in [0.717, 1.165) is 77.6 Å². The highest BCUT2D eigenvalue weighted by Crippen LogP contribution is 2.45. The van der Waals surface area contributed by atoms with E-state index < -0.39 is 0 Å². The molecule has 0 aliphatic rings. The van der Waals surface area contributed by atoms with Gasteiger partial charge in [-0.2, -0.15) is 0 Å². The molecule has 0 bridgehead atoms. The van der Waals surface area contributed by atoms with Crippen molar-refractivity contribution in [2.45, 2.75) is 0 Å². The summed E-state index contributed by atoms with van der Waals surface area (Å²) in [4.78, 5) is 29.7. The minimum atomic E-state index is 0.618. The van der Waals surface area contributed by atoms with Crippen LogP contribution in [0.4, 0.5) is 0 Å². The van der Waals surface area contributed by atoms with Crippen molar-refractivity contribution in [3.63, 3.8) is 0 Å². The van der Waals surface area contributed by atoms with E-state index in [9.17, 15) is 0 Å². The molecule has 0 aliphatic heterocycles. The van der Waals surface area contributed by atoms with Crippen molar-refractivity contribution in [2.24, 2.45) is 0 Å². The number of hydrogen-bond acceptors (Lipinski definition) is 8. The number of rotatable bonds is 11. The Kier molecular flexibility index (Phi) is 14.7. The van der Waals surface area contributed by atoms with E-state index >= 15 is 0 Å². The number of hydrogen-bond donors (Lipinski definition) is 0. The van der Waals surface area contributed by atoms with Gasteiger partial charge in [0.1, 0.15) is 11.2 Å². The third-order valence-electron chi connectivity index (χ3n) is 16.7. The zero-order valence-corrected chi connectivity index (χ0v) is 50.5. The zero-order valence-electron chi connectivity index (χ0n) is 49.7. The molecule has 0 aliphatic carbocycles. The first-order valence-electron chi connectivity index (χ1n) is 30.7. The van der Waals surface area contributed by atoms with E-state index in [2.05, 4.69) is 200 Å². The third-order valence-corrected chi connectivity index (χ3v) is 18.0. The Bertz CT molecular complexity index is 5360. The molecule has 0 N–H and O–H groups in total. The maximum absolute atomic E-state index is 6.80. The summed E-state index contributed by atoms with van der Waals surface area (Å²) < 4.78 is 9.23. The average Bonchev–Trinajstić information content (AvgIpc) is 1.96. The maximum atomic E-state index is 6.80. The van der Waals surface area contributed by atoms with Crippen molar-refractivity contribution in [3.05, 3.63) is 328 Å². The largest absolute Gasteiger partial charge is 0.455 e. The van der Waals surface area contributed by atoms with Gasteiger partial charge >= 0.3 is 0 Å². The summed E-state index contributed by atoms with van der Waals surface area (Å²) in [6, 6.07) is 113. The van der Waals surface area contributed by atoms with Crippen molar-refractivity contribution >= 4 is 53.4 Å². The lowest BCUT2D eigenvalue weighted by Gasteiger charge is -2.10. The van der Waals surface area contributed by atoms with Crippen LogP contribution >= 0.6 is 11.3 Å². The predicted octanol–water partition coefficient (Wildman–Crippen LogP) is 22.3. The highest BCUT2D eigenvalue weighted by molar-refractivity contribution is 7.26. The normalized spacial score (nSPS) is 11.3. The highest BCUT2D eigenvalue weighted by atomic mass is 32.1. The number of benzene rings is 13. The zero-order chi connectivity index (χ0) is 61.2. The van der Waals surface area contributed by atoms with E-state index in [1.807, 2.05) is 139 Å². The molecule has 17 rings (SSSR count). The van der Waals surface area contributed by atoms with Crippen LogP contribution < -0.4 is 0 Å². The van der Waals surface area contributed by atoms with Gasteiger partial charge in [-0.3, -0.25) is 0 Å². The van der Waals surface area contributed by atoms with Crippen LogP contribution in [0.2, 0.25) is 0 Å². The Labute approximate surface area is 536 Å². The summed E-state index contributed by atoms with van der Waals surface area (Å²) in [7, 11) is 0. The van der Waals surface area contributed by atoms with Crippen LogP contribution in [0.5, 0.6) is 0 Å². The first-order valence-corrected chi connectivity index (χ1v) is 31.5. The van der Waals surface area contributed by atoms with Crippen LogP contribution in [0.3, 0.4) is 0 Å². The molecule has 432 valence electrons. The van der Waals surface area contributed by atoms with Gasteiger partial charge in [0.15, 0.2) is 34.9 Å². The standard InChI is InChI=1S/C45H29N3O.C39H25N3S/c1-4-13-30(14-5-1)31-25-27-32(28-26-31)37-21-11-23-39-40-24-12-22-38(42(40)49-41(37)39)35-19-10-20-36(29-35)45-47-43(33-15-6-2-7-16-33)46-44(48-45)34-17-8-3-9-18-34;1-4-12-26(13-5-1)27-22-24-28(25-23-27)31-18-10-19-32-33-20-11-21-34(36(33)43-35(31)32)39-41-37(29-14-6-2-7-15-29)40-38(42-39)30-16-8-3-9-17-30/h1-29H;1-25H. The van der Waals surface area contributed by atoms with E-state index in [4.69, 9.17) is 34.3 Å². The number of para-hydroxylation sites is 2. The third kappa shape index (κ3) is 10.9. The monoisotopic (exact) mass is 1190 g/mol. The van der Waals surface area contributed by atoms with Crippen LogP contribution in [0.25, 0.3) is 166 Å². The molecule has 4 aromatic heterocycles. The van der Waals surface area contributed by atoms with Crippen molar-refractivity contribution in [1.29, 1.82) is 0 Å². The molecule has 17 aromatic rings. The summed E-state index contributed by atoms with van der Waals surface area (Å²) in [5.74, 6) is 3.91. The van der Waals surface area contributed by atoms with Crippen molar-refractivity contribution in [1.82, 2.24) is 29.9 Å². The van der Waals surface area contributed by atoms with Gasteiger partial charge in [-0.05, 0) is 56.6 Å². The lowest BCUT2D eigenvalue weighted by molar-refractivity contribution is 0.671. The predicted molar refractivity (Wildman–Crippen MR) is 380 cm³/mol. The molecule has 0 radical (unpaired) electrons. The molecule has 0 fully saturated rings. The molecule has 0 saturated heterocycles. The number of furan rings is 1. The van der Waals surface area contributed by atoms with Crippen LogP contribution in [0.1, 0.15) is 0 Å². The Hall–Kier alpha value is -12.1. The molecule has 0 spiro atoms. The molecule has 7 nitrogen and oxygen atoms in total. The van der Waals surface area contributed by atoms with Gasteiger partial charge in [0, 0.05) is 75.5 Å². The lowest BCUT2D eigenvalue weighted by Crippen LogP contribution is -2.00. The summed E-state index contributed by atoms with van der Waals surface area (Å²) in [5, 5.41) is 4.63. The molecular formula is C84H54N6OS. The Morgan fingerprint density at radius 1 is 0.185 bits per heavy atom. The SMILES string of the molecule is c1ccc(-c2ccc(-c3cccc4c3oc3c(-c5cccc(-c6nc(-c7ccccc7)nc(-c7ccccc7)n6)c5)cccc34)cc2)cc1.c1ccc(-c2ccc(-c3cccc4c3sc3c(-c5nc(-c6ccccc6)nc(-c6ccccc6)n5)cccc34)cc2)cc1. The number of fused-ring (bicyclic) bond motifs is 6. The fraction of sp³-hybridized carbons (Fsp3) is 0. The summed E-state index contributed by atoms with van der Waals surface area (Å²) in [5.41, 5.74) is 19.0. The molecule has 92 heavy (non-hydrogen) atoms. The van der Waals surface area contributed by atoms with E-state index in [1.165, 1.54) is 53.6 Å². The number of thiophene rings is 1. The van der Waals surface area contributed by atoms with Crippen LogP contribution in [0, 0.1) is 0 Å². The summed E-state index contributed by atoms with van der Waals surface area (Å²) >= 11 is 1.81. The fourth-order valence-corrected chi connectivity index (χ4v) is 13.5. The van der Waals surface area contributed by atoms with Gasteiger partial charge in [-0.1, -0.05) is 315 Å². The smallest absolute Gasteiger partial charge is 0.165 e. The van der Waals surface area contributed by atoms with Gasteiger partial charge in [-0.15, -0.1) is 11.3 Å². The van der Waals surface area contributed by atoms with Gasteiger partial charge in [0.2, 0.25) is 0 Å². The molecule has 0 saturated carbocycles. The van der Waals surface area contributed by atoms with Crippen molar-refractivity contribution in [2.75, 3.05) is 0 Å². The molecule has 0 amide bonds. The first-order chi connectivity index (χ1) is 45.6. The molecule has 4 heterocycles. The Morgan fingerprint density at radius 2 is 0.457 bits per heavy atom. The Morgan fingerprint density at radius 3 is 0.880 bits per heavy atom.